The van der Waals surface area contributed by atoms with Crippen LogP contribution in [-0.2, 0) is 6.54 Å². The minimum atomic E-state index is -0.431. The Morgan fingerprint density at radius 3 is 3.08 bits per heavy atom. The Balaban J connectivity index is 2.74. The van der Waals surface area contributed by atoms with Crippen molar-refractivity contribution in [1.82, 2.24) is 4.98 Å². The second kappa shape index (κ2) is 2.49. The second-order valence-corrected chi connectivity index (χ2v) is 2.55. The van der Waals surface area contributed by atoms with Gasteiger partial charge in [0.25, 0.3) is 0 Å². The van der Waals surface area contributed by atoms with Gasteiger partial charge in [-0.15, -0.1) is 0 Å². The van der Waals surface area contributed by atoms with Gasteiger partial charge < -0.3 is 10.2 Å². The van der Waals surface area contributed by atoms with Gasteiger partial charge in [0.05, 0.1) is 5.52 Å². The van der Waals surface area contributed by atoms with Crippen molar-refractivity contribution in [3.63, 3.8) is 0 Å². The first-order valence-electron chi connectivity index (χ1n) is 3.61. The molecule has 0 atom stereocenters. The number of hydrogen-bond donors (Lipinski definition) is 2. The van der Waals surface area contributed by atoms with Crippen LogP contribution in [0, 0.1) is 0 Å². The van der Waals surface area contributed by atoms with E-state index in [2.05, 4.69) is 4.98 Å². The third-order valence-electron chi connectivity index (χ3n) is 1.72. The Hall–Kier alpha value is -1.55. The van der Waals surface area contributed by atoms with Crippen molar-refractivity contribution >= 4 is 11.1 Å². The highest BCUT2D eigenvalue weighted by Gasteiger charge is 1.99. The molecule has 0 aliphatic carbocycles. The van der Waals surface area contributed by atoms with Crippen LogP contribution in [0.15, 0.2) is 27.4 Å². The van der Waals surface area contributed by atoms with Crippen LogP contribution >= 0.6 is 0 Å². The summed E-state index contributed by atoms with van der Waals surface area (Å²) in [6.07, 6.45) is 0. The molecule has 4 heteroatoms. The van der Waals surface area contributed by atoms with Gasteiger partial charge in [0.1, 0.15) is 0 Å². The van der Waals surface area contributed by atoms with E-state index in [1.807, 2.05) is 6.07 Å². The van der Waals surface area contributed by atoms with Crippen LogP contribution in [0.5, 0.6) is 0 Å². The number of oxazole rings is 1. The van der Waals surface area contributed by atoms with Gasteiger partial charge in [0.15, 0.2) is 5.58 Å². The fourth-order valence-electron chi connectivity index (χ4n) is 1.12. The summed E-state index contributed by atoms with van der Waals surface area (Å²) in [5.41, 5.74) is 7.63. The summed E-state index contributed by atoms with van der Waals surface area (Å²) in [5, 5.41) is 0. The first-order chi connectivity index (χ1) is 5.79. The van der Waals surface area contributed by atoms with Crippen LogP contribution in [0.1, 0.15) is 5.56 Å². The highest BCUT2D eigenvalue weighted by molar-refractivity contribution is 5.72. The number of nitrogens with one attached hydrogen (secondary N) is 1. The highest BCUT2D eigenvalue weighted by atomic mass is 16.4. The minimum absolute atomic E-state index is 0.431. The molecule has 0 aliphatic heterocycles. The summed E-state index contributed by atoms with van der Waals surface area (Å²) in [6.45, 7) is 0.449. The van der Waals surface area contributed by atoms with Crippen molar-refractivity contribution in [2.75, 3.05) is 0 Å². The van der Waals surface area contributed by atoms with E-state index in [0.717, 1.165) is 5.56 Å². The third-order valence-corrected chi connectivity index (χ3v) is 1.72. The molecule has 4 nitrogen and oxygen atoms in total. The van der Waals surface area contributed by atoms with Crippen molar-refractivity contribution in [3.05, 3.63) is 34.3 Å². The van der Waals surface area contributed by atoms with E-state index < -0.39 is 5.76 Å². The lowest BCUT2D eigenvalue weighted by atomic mass is 10.2. The molecule has 62 valence electrons. The summed E-state index contributed by atoms with van der Waals surface area (Å²) in [4.78, 5) is 13.3. The van der Waals surface area contributed by atoms with Gasteiger partial charge in [-0.05, 0) is 17.7 Å². The fourth-order valence-corrected chi connectivity index (χ4v) is 1.12. The summed E-state index contributed by atoms with van der Waals surface area (Å²) in [6, 6.07) is 5.39. The maximum absolute atomic E-state index is 10.7. The largest absolute Gasteiger partial charge is 0.417 e. The lowest BCUT2D eigenvalue weighted by Gasteiger charge is -1.92. The first kappa shape index (κ1) is 7.12. The molecule has 0 saturated heterocycles. The second-order valence-electron chi connectivity index (χ2n) is 2.55. The molecule has 0 saturated carbocycles. The van der Waals surface area contributed by atoms with E-state index in [1.54, 1.807) is 12.1 Å². The summed E-state index contributed by atoms with van der Waals surface area (Å²) in [5.74, 6) is -0.431. The molecule has 0 radical (unpaired) electrons. The molecule has 1 heterocycles. The maximum atomic E-state index is 10.7. The quantitative estimate of drug-likeness (QED) is 0.647. The van der Waals surface area contributed by atoms with E-state index >= 15 is 0 Å². The molecule has 0 bridgehead atoms. The zero-order valence-corrected chi connectivity index (χ0v) is 6.33. The monoisotopic (exact) mass is 164 g/mol. The highest BCUT2D eigenvalue weighted by Crippen LogP contribution is 2.11. The normalized spacial score (nSPS) is 10.8. The van der Waals surface area contributed by atoms with Gasteiger partial charge in [0.2, 0.25) is 0 Å². The van der Waals surface area contributed by atoms with Crippen LogP contribution in [0.4, 0.5) is 0 Å². The zero-order valence-electron chi connectivity index (χ0n) is 6.33. The molecule has 0 spiro atoms. The first-order valence-corrected chi connectivity index (χ1v) is 3.61. The van der Waals surface area contributed by atoms with Crippen LogP contribution in [0.25, 0.3) is 11.1 Å². The van der Waals surface area contributed by atoms with E-state index in [9.17, 15) is 4.79 Å². The van der Waals surface area contributed by atoms with Gasteiger partial charge in [-0.2, -0.15) is 0 Å². The van der Waals surface area contributed by atoms with Crippen molar-refractivity contribution in [3.8, 4) is 0 Å². The van der Waals surface area contributed by atoms with E-state index in [0.29, 0.717) is 17.6 Å². The van der Waals surface area contributed by atoms with Gasteiger partial charge in [-0.25, -0.2) is 4.79 Å². The Morgan fingerprint density at radius 2 is 2.33 bits per heavy atom. The van der Waals surface area contributed by atoms with Crippen molar-refractivity contribution < 1.29 is 4.42 Å². The Labute approximate surface area is 68.0 Å². The molecule has 12 heavy (non-hydrogen) atoms. The van der Waals surface area contributed by atoms with Crippen molar-refractivity contribution in [2.24, 2.45) is 5.73 Å². The molecular formula is C8H8N2O2. The molecule has 2 rings (SSSR count). The Kier molecular flexibility index (Phi) is 1.48. The average molecular weight is 164 g/mol. The molecule has 2 aromatic rings. The number of fused-ring (bicyclic) bond motifs is 1. The van der Waals surface area contributed by atoms with E-state index in [1.165, 1.54) is 0 Å². The Bertz CT molecular complexity index is 455. The maximum Gasteiger partial charge on any atom is 0.417 e. The lowest BCUT2D eigenvalue weighted by molar-refractivity contribution is 0.555. The molecule has 1 aromatic carbocycles. The lowest BCUT2D eigenvalue weighted by Crippen LogP contribution is -1.94. The zero-order chi connectivity index (χ0) is 8.55. The van der Waals surface area contributed by atoms with Crippen LogP contribution in [-0.4, -0.2) is 4.98 Å². The molecule has 0 amide bonds. The van der Waals surface area contributed by atoms with Crippen molar-refractivity contribution in [2.45, 2.75) is 6.54 Å². The summed E-state index contributed by atoms with van der Waals surface area (Å²) in [7, 11) is 0. The van der Waals surface area contributed by atoms with Crippen LogP contribution in [0.3, 0.4) is 0 Å². The molecule has 3 N–H and O–H groups in total. The third kappa shape index (κ3) is 1.02. The molecule has 0 fully saturated rings. The van der Waals surface area contributed by atoms with E-state index in [4.69, 9.17) is 10.2 Å². The van der Waals surface area contributed by atoms with E-state index in [-0.39, 0.29) is 0 Å². The van der Waals surface area contributed by atoms with Crippen LogP contribution in [0.2, 0.25) is 0 Å². The standard InChI is InChI=1S/C8H8N2O2/c9-4-5-1-2-6-7(3-5)12-8(11)10-6/h1-3H,4,9H2,(H,10,11). The number of aromatic nitrogens is 1. The van der Waals surface area contributed by atoms with Crippen molar-refractivity contribution in [1.29, 1.82) is 0 Å². The fraction of sp³-hybridized carbons (Fsp3) is 0.125. The molecule has 1 aromatic heterocycles. The number of benzene rings is 1. The smallest absolute Gasteiger partial charge is 0.408 e. The minimum Gasteiger partial charge on any atom is -0.408 e. The van der Waals surface area contributed by atoms with Gasteiger partial charge >= 0.3 is 5.76 Å². The summed E-state index contributed by atoms with van der Waals surface area (Å²) >= 11 is 0. The Morgan fingerprint density at radius 1 is 1.50 bits per heavy atom. The van der Waals surface area contributed by atoms with Gasteiger partial charge in [-0.1, -0.05) is 6.07 Å². The number of rotatable bonds is 1. The number of aromatic amines is 1. The molecule has 0 unspecified atom stereocenters. The molecule has 0 aliphatic rings. The van der Waals surface area contributed by atoms with Gasteiger partial charge in [-0.3, -0.25) is 4.98 Å². The van der Waals surface area contributed by atoms with Gasteiger partial charge in [0, 0.05) is 6.54 Å². The predicted molar refractivity (Wildman–Crippen MR) is 44.7 cm³/mol. The average Bonchev–Trinajstić information content (AvgIpc) is 2.43. The number of hydrogen-bond acceptors (Lipinski definition) is 3. The number of H-pyrrole nitrogens is 1. The van der Waals surface area contributed by atoms with Crippen LogP contribution < -0.4 is 11.5 Å². The predicted octanol–water partition coefficient (Wildman–Crippen LogP) is 0.580. The SMILES string of the molecule is NCc1ccc2[nH]c(=O)oc2c1. The topological polar surface area (TPSA) is 72.0 Å². The summed E-state index contributed by atoms with van der Waals surface area (Å²) < 4.78 is 4.84. The number of nitrogens with two attached hydrogens (primary N) is 1. The molecular weight excluding hydrogens is 156 g/mol.